The average molecular weight is 395 g/mol. The number of amides is 2. The Balaban J connectivity index is 1.44. The molecule has 28 heavy (non-hydrogen) atoms. The molecule has 0 unspecified atom stereocenters. The number of hydrogen-bond donors (Lipinski definition) is 3. The van der Waals surface area contributed by atoms with Gasteiger partial charge in [0.1, 0.15) is 6.10 Å². The fraction of sp³-hybridized carbons (Fsp3) is 0.810. The van der Waals surface area contributed by atoms with Crippen molar-refractivity contribution >= 4 is 11.8 Å². The van der Waals surface area contributed by atoms with E-state index in [0.717, 1.165) is 19.4 Å². The molecule has 0 bridgehead atoms. The lowest BCUT2D eigenvalue weighted by atomic mass is 9.89. The predicted molar refractivity (Wildman–Crippen MR) is 105 cm³/mol. The van der Waals surface area contributed by atoms with E-state index in [1.54, 1.807) is 0 Å². The van der Waals surface area contributed by atoms with Gasteiger partial charge in [0, 0.05) is 25.7 Å². The number of hydrogen-bond acceptors (Lipinski definition) is 5. The van der Waals surface area contributed by atoms with E-state index in [4.69, 9.17) is 9.47 Å². The number of carbonyl (C=O) groups is 2. The lowest BCUT2D eigenvalue weighted by Gasteiger charge is -2.33. The highest BCUT2D eigenvalue weighted by molar-refractivity contribution is 5.79. The van der Waals surface area contributed by atoms with E-state index in [1.165, 1.54) is 32.1 Å². The summed E-state index contributed by atoms with van der Waals surface area (Å²) in [5.41, 5.74) is 0. The highest BCUT2D eigenvalue weighted by atomic mass is 16.5. The number of carbonyl (C=O) groups excluding carboxylic acids is 2. The second-order valence-corrected chi connectivity index (χ2v) is 8.21. The van der Waals surface area contributed by atoms with Gasteiger partial charge in [-0.05, 0) is 31.6 Å². The average Bonchev–Trinajstić information content (AvgIpc) is 2.74. The number of ether oxygens (including phenoxy) is 2. The van der Waals surface area contributed by atoms with Crippen molar-refractivity contribution in [3.05, 3.63) is 12.2 Å². The summed E-state index contributed by atoms with van der Waals surface area (Å²) in [7, 11) is 0. The predicted octanol–water partition coefficient (Wildman–Crippen LogP) is 1.30. The summed E-state index contributed by atoms with van der Waals surface area (Å²) in [6, 6.07) is -0.373. The summed E-state index contributed by atoms with van der Waals surface area (Å²) in [6.07, 6.45) is 10.6. The number of aliphatic hydroxyl groups excluding tert-OH is 1. The van der Waals surface area contributed by atoms with Crippen molar-refractivity contribution < 1.29 is 24.2 Å². The highest BCUT2D eigenvalue weighted by Gasteiger charge is 2.31. The van der Waals surface area contributed by atoms with Gasteiger partial charge < -0.3 is 25.2 Å². The van der Waals surface area contributed by atoms with E-state index < -0.39 is 6.10 Å². The third-order valence-electron chi connectivity index (χ3n) is 6.06. The Morgan fingerprint density at radius 3 is 2.50 bits per heavy atom. The molecule has 158 valence electrons. The van der Waals surface area contributed by atoms with Crippen LogP contribution in [-0.2, 0) is 19.1 Å². The van der Waals surface area contributed by atoms with Gasteiger partial charge in [-0.2, -0.15) is 0 Å². The molecule has 1 saturated heterocycles. The van der Waals surface area contributed by atoms with Gasteiger partial charge in [-0.3, -0.25) is 9.59 Å². The fourth-order valence-electron chi connectivity index (χ4n) is 4.28. The Bertz CT molecular complexity index is 541. The summed E-state index contributed by atoms with van der Waals surface area (Å²) in [5, 5.41) is 15.7. The molecule has 1 aliphatic carbocycles. The van der Waals surface area contributed by atoms with Crippen LogP contribution in [0.1, 0.15) is 51.4 Å². The van der Waals surface area contributed by atoms with Crippen molar-refractivity contribution in [2.24, 2.45) is 11.8 Å². The topological polar surface area (TPSA) is 96.9 Å². The molecule has 3 rings (SSSR count). The molecule has 0 spiro atoms. The van der Waals surface area contributed by atoms with Gasteiger partial charge in [-0.15, -0.1) is 0 Å². The molecular weight excluding hydrogens is 360 g/mol. The fourth-order valence-corrected chi connectivity index (χ4v) is 4.28. The van der Waals surface area contributed by atoms with Gasteiger partial charge in [0.25, 0.3) is 0 Å². The standard InChI is InChI=1S/C21H34N2O5/c24-14-19-18(23-21(26)16-8-10-27-11-9-16)7-6-17(28-19)12-20(25)22-13-15-4-2-1-3-5-15/h6-7,15-19,24H,1-5,8-14H2,(H,22,25)(H,23,26)/t17-,18-,19+/m1/s1. The minimum Gasteiger partial charge on any atom is -0.394 e. The maximum atomic E-state index is 12.4. The van der Waals surface area contributed by atoms with E-state index in [9.17, 15) is 14.7 Å². The van der Waals surface area contributed by atoms with Gasteiger partial charge in [-0.1, -0.05) is 31.4 Å². The molecule has 0 aromatic rings. The van der Waals surface area contributed by atoms with Crippen LogP contribution in [-0.4, -0.2) is 61.5 Å². The van der Waals surface area contributed by atoms with Crippen LogP contribution in [0.15, 0.2) is 12.2 Å². The maximum absolute atomic E-state index is 12.4. The van der Waals surface area contributed by atoms with Crippen LogP contribution in [0.5, 0.6) is 0 Å². The lowest BCUT2D eigenvalue weighted by Crippen LogP contribution is -2.51. The van der Waals surface area contributed by atoms with Gasteiger partial charge in [0.05, 0.1) is 25.2 Å². The van der Waals surface area contributed by atoms with Gasteiger partial charge >= 0.3 is 0 Å². The smallest absolute Gasteiger partial charge is 0.223 e. The molecule has 2 aliphatic heterocycles. The van der Waals surface area contributed by atoms with Crippen LogP contribution in [0.2, 0.25) is 0 Å². The molecule has 3 aliphatic rings. The van der Waals surface area contributed by atoms with Gasteiger partial charge in [0.15, 0.2) is 0 Å². The molecule has 2 amide bonds. The molecular formula is C21H34N2O5. The SMILES string of the molecule is O=C(C[C@H]1C=C[C@@H](NC(=O)C2CCOCC2)[C@H](CO)O1)NCC1CCCCC1. The molecule has 7 nitrogen and oxygen atoms in total. The van der Waals surface area contributed by atoms with Crippen molar-refractivity contribution in [2.75, 3.05) is 26.4 Å². The Labute approximate surface area is 167 Å². The molecule has 7 heteroatoms. The van der Waals surface area contributed by atoms with Crippen LogP contribution in [0, 0.1) is 11.8 Å². The Morgan fingerprint density at radius 2 is 1.79 bits per heavy atom. The zero-order valence-corrected chi connectivity index (χ0v) is 16.6. The van der Waals surface area contributed by atoms with E-state index in [0.29, 0.717) is 19.1 Å². The van der Waals surface area contributed by atoms with Crippen molar-refractivity contribution in [1.29, 1.82) is 0 Å². The summed E-state index contributed by atoms with van der Waals surface area (Å²) in [4.78, 5) is 24.7. The van der Waals surface area contributed by atoms with Crippen molar-refractivity contribution in [1.82, 2.24) is 10.6 Å². The minimum absolute atomic E-state index is 0.0244. The van der Waals surface area contributed by atoms with Crippen LogP contribution in [0.4, 0.5) is 0 Å². The lowest BCUT2D eigenvalue weighted by molar-refractivity contribution is -0.132. The third-order valence-corrected chi connectivity index (χ3v) is 6.06. The monoisotopic (exact) mass is 394 g/mol. The molecule has 0 aromatic carbocycles. The van der Waals surface area contributed by atoms with Crippen LogP contribution >= 0.6 is 0 Å². The second kappa shape index (κ2) is 10.9. The van der Waals surface area contributed by atoms with Gasteiger partial charge in [0.2, 0.25) is 11.8 Å². The normalized spacial score (nSPS) is 29.4. The minimum atomic E-state index is -0.537. The first-order valence-corrected chi connectivity index (χ1v) is 10.7. The van der Waals surface area contributed by atoms with E-state index in [1.807, 2.05) is 12.2 Å². The van der Waals surface area contributed by atoms with Gasteiger partial charge in [-0.25, -0.2) is 0 Å². The molecule has 0 radical (unpaired) electrons. The maximum Gasteiger partial charge on any atom is 0.223 e. The molecule has 1 saturated carbocycles. The summed E-state index contributed by atoms with van der Waals surface area (Å²) >= 11 is 0. The molecule has 2 heterocycles. The van der Waals surface area contributed by atoms with E-state index >= 15 is 0 Å². The first kappa shape index (κ1) is 21.3. The summed E-state index contributed by atoms with van der Waals surface area (Å²) in [5.74, 6) is 0.491. The first-order chi connectivity index (χ1) is 13.7. The van der Waals surface area contributed by atoms with Crippen molar-refractivity contribution in [2.45, 2.75) is 69.6 Å². The second-order valence-electron chi connectivity index (χ2n) is 8.21. The number of rotatable bonds is 7. The largest absolute Gasteiger partial charge is 0.394 e. The van der Waals surface area contributed by atoms with Crippen molar-refractivity contribution in [3.8, 4) is 0 Å². The van der Waals surface area contributed by atoms with E-state index in [-0.39, 0.29) is 42.9 Å². The molecule has 3 N–H and O–H groups in total. The Kier molecular flexibility index (Phi) is 8.30. The number of nitrogens with one attached hydrogen (secondary N) is 2. The molecule has 3 atom stereocenters. The van der Waals surface area contributed by atoms with Crippen molar-refractivity contribution in [3.63, 3.8) is 0 Å². The van der Waals surface area contributed by atoms with Crippen LogP contribution < -0.4 is 10.6 Å². The Hall–Kier alpha value is -1.44. The highest BCUT2D eigenvalue weighted by Crippen LogP contribution is 2.23. The zero-order chi connectivity index (χ0) is 19.8. The number of aliphatic hydroxyl groups is 1. The van der Waals surface area contributed by atoms with E-state index in [2.05, 4.69) is 10.6 Å². The van der Waals surface area contributed by atoms with Crippen LogP contribution in [0.3, 0.4) is 0 Å². The third kappa shape index (κ3) is 6.29. The summed E-state index contributed by atoms with van der Waals surface area (Å²) < 4.78 is 11.2. The first-order valence-electron chi connectivity index (χ1n) is 10.7. The molecule has 0 aromatic heterocycles. The zero-order valence-electron chi connectivity index (χ0n) is 16.6. The summed E-state index contributed by atoms with van der Waals surface area (Å²) in [6.45, 7) is 1.75. The molecule has 2 fully saturated rings. The quantitative estimate of drug-likeness (QED) is 0.566. The Morgan fingerprint density at radius 1 is 1.04 bits per heavy atom. The van der Waals surface area contributed by atoms with Crippen LogP contribution in [0.25, 0.3) is 0 Å².